The van der Waals surface area contributed by atoms with Crippen LogP contribution in [0.25, 0.3) is 16.5 Å². The summed E-state index contributed by atoms with van der Waals surface area (Å²) in [4.78, 5) is 34.5. The van der Waals surface area contributed by atoms with Crippen molar-refractivity contribution in [3.05, 3.63) is 80.9 Å². The molecule has 5 nitrogen and oxygen atoms in total. The van der Waals surface area contributed by atoms with Crippen molar-refractivity contribution in [3.63, 3.8) is 0 Å². The average molecular weight is 421 g/mol. The minimum atomic E-state index is -1.02. The Morgan fingerprint density at radius 2 is 2.06 bits per heavy atom. The van der Waals surface area contributed by atoms with Gasteiger partial charge >= 0.3 is 0 Å². The molecule has 1 unspecified atom stereocenters. The summed E-state index contributed by atoms with van der Waals surface area (Å²) in [6, 6.07) is 4.31. The number of halogens is 2. The van der Waals surface area contributed by atoms with Gasteiger partial charge in [0.25, 0.3) is 5.56 Å². The topological polar surface area (TPSA) is 66.1 Å². The summed E-state index contributed by atoms with van der Waals surface area (Å²) in [5, 5.41) is 0.0109. The Morgan fingerprint density at radius 1 is 1.26 bits per heavy atom. The Kier molecular flexibility index (Phi) is 4.50. The number of aromatic nitrogens is 2. The molecule has 1 fully saturated rings. The lowest BCUT2D eigenvalue weighted by molar-refractivity contribution is -0.130. The molecule has 0 radical (unpaired) electrons. The fourth-order valence-electron chi connectivity index (χ4n) is 4.93. The van der Waals surface area contributed by atoms with Crippen LogP contribution in [0.1, 0.15) is 28.7 Å². The van der Waals surface area contributed by atoms with E-state index in [9.17, 15) is 18.4 Å². The van der Waals surface area contributed by atoms with Gasteiger partial charge in [0.05, 0.1) is 18.0 Å². The second kappa shape index (κ2) is 7.11. The van der Waals surface area contributed by atoms with Crippen LogP contribution in [-0.4, -0.2) is 33.4 Å². The fourth-order valence-corrected chi connectivity index (χ4v) is 4.93. The number of hydrogen-bond acceptors (Lipinski definition) is 3. The van der Waals surface area contributed by atoms with Crippen LogP contribution in [0.4, 0.5) is 8.78 Å². The molecule has 1 amide bonds. The molecule has 3 heterocycles. The van der Waals surface area contributed by atoms with E-state index in [0.717, 1.165) is 29.2 Å². The van der Waals surface area contributed by atoms with Gasteiger partial charge in [0.15, 0.2) is 11.6 Å². The highest BCUT2D eigenvalue weighted by Crippen LogP contribution is 2.42. The minimum Gasteiger partial charge on any atom is -0.335 e. The van der Waals surface area contributed by atoms with E-state index in [-0.39, 0.29) is 40.8 Å². The van der Waals surface area contributed by atoms with Crippen molar-refractivity contribution in [2.75, 3.05) is 6.54 Å². The van der Waals surface area contributed by atoms with Crippen molar-refractivity contribution >= 4 is 22.4 Å². The van der Waals surface area contributed by atoms with Crippen LogP contribution >= 0.6 is 0 Å². The molecular weight excluding hydrogens is 400 g/mol. The number of benzene rings is 1. The summed E-state index contributed by atoms with van der Waals surface area (Å²) in [5.41, 5.74) is 3.37. The summed E-state index contributed by atoms with van der Waals surface area (Å²) >= 11 is 0. The van der Waals surface area contributed by atoms with Gasteiger partial charge in [-0.1, -0.05) is 6.08 Å². The zero-order valence-corrected chi connectivity index (χ0v) is 17.2. The van der Waals surface area contributed by atoms with E-state index in [0.29, 0.717) is 12.1 Å². The number of likely N-dealkylation sites (tertiary alicyclic amines) is 1. The molecule has 2 atom stereocenters. The highest BCUT2D eigenvalue weighted by atomic mass is 19.2. The molecular formula is C24H21F2N3O2. The standard InChI is InChI=1S/C24H21F2N3O2/c1-12-5-15(10-27-9-12)17-6-14-7-20(17)29(11-14)21(30)8-16-13(2)22-19(28-24(16)31)4-3-18(25)23(22)26/h3-6,9-10,14,20H,7-8,11H2,1-2H3,(H,28,31)/t14?,20-/m1/s1. The van der Waals surface area contributed by atoms with Crippen molar-refractivity contribution in [2.24, 2.45) is 5.92 Å². The first-order valence-electron chi connectivity index (χ1n) is 10.3. The number of carbonyl (C=O) groups excluding carboxylic acids is 1. The SMILES string of the molecule is Cc1cncc(C2=CC3C[C@H]2N(C(=O)Cc2c(C)c4c(F)c(F)ccc4[nH]c2=O)C3)c1. The molecule has 1 saturated heterocycles. The van der Waals surface area contributed by atoms with Crippen molar-refractivity contribution in [2.45, 2.75) is 32.7 Å². The maximum atomic E-state index is 14.4. The second-order valence-corrected chi connectivity index (χ2v) is 8.45. The molecule has 0 saturated carbocycles. The highest BCUT2D eigenvalue weighted by molar-refractivity contribution is 5.88. The predicted molar refractivity (Wildman–Crippen MR) is 113 cm³/mol. The third-order valence-electron chi connectivity index (χ3n) is 6.41. The molecule has 2 aliphatic rings. The number of hydrogen-bond donors (Lipinski definition) is 1. The van der Waals surface area contributed by atoms with Gasteiger partial charge in [0, 0.05) is 29.9 Å². The molecule has 5 rings (SSSR count). The largest absolute Gasteiger partial charge is 0.335 e. The zero-order chi connectivity index (χ0) is 21.9. The number of carbonyl (C=O) groups is 1. The van der Waals surface area contributed by atoms with Crippen molar-refractivity contribution in [3.8, 4) is 0 Å². The van der Waals surface area contributed by atoms with Gasteiger partial charge in [-0.15, -0.1) is 0 Å². The summed E-state index contributed by atoms with van der Waals surface area (Å²) < 4.78 is 28.1. The summed E-state index contributed by atoms with van der Waals surface area (Å²) in [6.07, 6.45) is 6.49. The summed E-state index contributed by atoms with van der Waals surface area (Å²) in [5.74, 6) is -1.92. The van der Waals surface area contributed by atoms with Gasteiger partial charge in [-0.2, -0.15) is 0 Å². The van der Waals surface area contributed by atoms with Crippen LogP contribution in [0, 0.1) is 31.4 Å². The van der Waals surface area contributed by atoms with Gasteiger partial charge in [-0.05, 0) is 66.6 Å². The fraction of sp³-hybridized carbons (Fsp3) is 0.292. The first kappa shape index (κ1) is 19.6. The Bertz CT molecular complexity index is 1330. The van der Waals surface area contributed by atoms with E-state index in [1.807, 2.05) is 6.92 Å². The number of rotatable bonds is 3. The number of nitrogens with zero attached hydrogens (tertiary/aromatic N) is 2. The van der Waals surface area contributed by atoms with Gasteiger partial charge in [-0.25, -0.2) is 8.78 Å². The van der Waals surface area contributed by atoms with E-state index < -0.39 is 17.2 Å². The predicted octanol–water partition coefficient (Wildman–Crippen LogP) is 3.67. The third kappa shape index (κ3) is 3.15. The first-order chi connectivity index (χ1) is 14.8. The number of aryl methyl sites for hydroxylation is 2. The first-order valence-corrected chi connectivity index (χ1v) is 10.3. The monoisotopic (exact) mass is 421 g/mol. The van der Waals surface area contributed by atoms with Crippen LogP contribution in [0.3, 0.4) is 0 Å². The van der Waals surface area contributed by atoms with Crippen molar-refractivity contribution in [1.82, 2.24) is 14.9 Å². The summed E-state index contributed by atoms with van der Waals surface area (Å²) in [7, 11) is 0. The molecule has 1 aliphatic heterocycles. The van der Waals surface area contributed by atoms with Gasteiger partial charge in [0.1, 0.15) is 0 Å². The van der Waals surface area contributed by atoms with Crippen LogP contribution in [0.15, 0.2) is 41.5 Å². The average Bonchev–Trinajstić information content (AvgIpc) is 3.35. The normalized spacial score (nSPS) is 19.9. The number of amides is 1. The molecule has 1 aliphatic carbocycles. The molecule has 3 aromatic rings. The van der Waals surface area contributed by atoms with Gasteiger partial charge in [0.2, 0.25) is 5.91 Å². The molecule has 2 bridgehead atoms. The lowest BCUT2D eigenvalue weighted by Crippen LogP contribution is -2.39. The minimum absolute atomic E-state index is 0.0109. The quantitative estimate of drug-likeness (QED) is 0.702. The van der Waals surface area contributed by atoms with E-state index in [1.54, 1.807) is 24.2 Å². The number of aromatic amines is 1. The van der Waals surface area contributed by atoms with Crippen LogP contribution < -0.4 is 5.56 Å². The van der Waals surface area contributed by atoms with Crippen molar-refractivity contribution < 1.29 is 13.6 Å². The van der Waals surface area contributed by atoms with E-state index in [1.165, 1.54) is 6.07 Å². The number of H-pyrrole nitrogens is 1. The molecule has 2 aromatic heterocycles. The molecule has 7 heteroatoms. The molecule has 1 aromatic carbocycles. The molecule has 1 N–H and O–H groups in total. The lowest BCUT2D eigenvalue weighted by Gasteiger charge is -2.29. The molecule has 158 valence electrons. The Labute approximate surface area is 177 Å². The maximum Gasteiger partial charge on any atom is 0.252 e. The van der Waals surface area contributed by atoms with Crippen LogP contribution in [0.2, 0.25) is 0 Å². The summed E-state index contributed by atoms with van der Waals surface area (Å²) in [6.45, 7) is 4.13. The van der Waals surface area contributed by atoms with Gasteiger partial charge < -0.3 is 9.88 Å². The molecule has 31 heavy (non-hydrogen) atoms. The molecule has 0 spiro atoms. The Hall–Kier alpha value is -3.35. The van der Waals surface area contributed by atoms with E-state index in [4.69, 9.17) is 0 Å². The maximum absolute atomic E-state index is 14.4. The van der Waals surface area contributed by atoms with Crippen LogP contribution in [0.5, 0.6) is 0 Å². The van der Waals surface area contributed by atoms with E-state index >= 15 is 0 Å². The zero-order valence-electron chi connectivity index (χ0n) is 17.2. The lowest BCUT2D eigenvalue weighted by atomic mass is 9.98. The Balaban J connectivity index is 1.46. The van der Waals surface area contributed by atoms with Gasteiger partial charge in [-0.3, -0.25) is 14.6 Å². The highest BCUT2D eigenvalue weighted by Gasteiger charge is 2.42. The smallest absolute Gasteiger partial charge is 0.252 e. The van der Waals surface area contributed by atoms with E-state index in [2.05, 4.69) is 22.1 Å². The van der Waals surface area contributed by atoms with Crippen molar-refractivity contribution in [1.29, 1.82) is 0 Å². The number of pyridine rings is 2. The second-order valence-electron chi connectivity index (χ2n) is 8.45. The number of fused-ring (bicyclic) bond motifs is 3. The van der Waals surface area contributed by atoms with Crippen LogP contribution in [-0.2, 0) is 11.2 Å². The third-order valence-corrected chi connectivity index (χ3v) is 6.41. The Morgan fingerprint density at radius 3 is 2.81 bits per heavy atom. The number of nitrogens with one attached hydrogen (secondary N) is 1.